The number of aromatic amines is 1. The van der Waals surface area contributed by atoms with Crippen molar-refractivity contribution in [2.24, 2.45) is 11.3 Å². The molecule has 1 aromatic heterocycles. The van der Waals surface area contributed by atoms with E-state index in [2.05, 4.69) is 37.8 Å². The average molecular weight is 841 g/mol. The number of aliphatic hydroxyl groups is 3. The molecule has 9 rings (SSSR count). The number of nitrogens with one attached hydrogen (secondary N) is 3. The highest BCUT2D eigenvalue weighted by molar-refractivity contribution is 5.95. The number of rotatable bonds is 7. The molecule has 5 aliphatic heterocycles. The van der Waals surface area contributed by atoms with E-state index in [-0.39, 0.29) is 18.6 Å². The minimum absolute atomic E-state index is 0.0648. The lowest BCUT2D eigenvalue weighted by atomic mass is 9.47. The van der Waals surface area contributed by atoms with Gasteiger partial charge < -0.3 is 39.4 Å². The van der Waals surface area contributed by atoms with Gasteiger partial charge in [0.2, 0.25) is 0 Å². The van der Waals surface area contributed by atoms with Crippen LogP contribution in [0.2, 0.25) is 0 Å². The first-order valence-electron chi connectivity index (χ1n) is 21.9. The molecule has 15 nitrogen and oxygen atoms in total. The first-order valence-corrected chi connectivity index (χ1v) is 21.9. The van der Waals surface area contributed by atoms with Gasteiger partial charge in [-0.2, -0.15) is 0 Å². The third-order valence-electron chi connectivity index (χ3n) is 15.8. The fourth-order valence-corrected chi connectivity index (χ4v) is 13.4. The summed E-state index contributed by atoms with van der Waals surface area (Å²) in [7, 11) is 4.81. The maximum absolute atomic E-state index is 15.3. The van der Waals surface area contributed by atoms with Gasteiger partial charge in [-0.25, -0.2) is 10.2 Å². The molecule has 61 heavy (non-hydrogen) atoms. The van der Waals surface area contributed by atoms with Crippen LogP contribution in [0.3, 0.4) is 0 Å². The molecule has 15 heteroatoms. The summed E-state index contributed by atoms with van der Waals surface area (Å²) in [5.41, 5.74) is 2.44. The maximum Gasteiger partial charge on any atom is 0.426 e. The molecule has 2 aromatic carbocycles. The number of aliphatic hydroxyl groups excluding tert-OH is 1. The highest BCUT2D eigenvalue weighted by Gasteiger charge is 2.79. The van der Waals surface area contributed by atoms with Gasteiger partial charge in [-0.3, -0.25) is 24.8 Å². The largest absolute Gasteiger partial charge is 0.496 e. The van der Waals surface area contributed by atoms with Crippen LogP contribution in [0.25, 0.3) is 10.9 Å². The molecule has 6 N–H and O–H groups in total. The van der Waals surface area contributed by atoms with Crippen molar-refractivity contribution in [3.8, 4) is 5.75 Å². The predicted molar refractivity (Wildman–Crippen MR) is 227 cm³/mol. The van der Waals surface area contributed by atoms with Crippen LogP contribution in [0.15, 0.2) is 48.6 Å². The van der Waals surface area contributed by atoms with Crippen molar-refractivity contribution in [2.45, 2.75) is 99.5 Å². The van der Waals surface area contributed by atoms with E-state index in [0.717, 1.165) is 27.7 Å². The molecule has 1 unspecified atom stereocenters. The monoisotopic (exact) mass is 840 g/mol. The number of hydrogen-bond donors (Lipinski definition) is 6. The number of H-pyrrole nitrogens is 1. The number of piperidine rings is 1. The SMILES string of the molecule is CCOC(=O)NNC(=O)[C@@]1(O)[C@H](O)[C@]2(CC)C=CCN3CC[C@@]4(c5cc([C@@]6(C(=O)OC)C[C@@H]7CN(CCc8c6[nH]c6ccccc86)C[C@](O)(CC)C7)c(OC)cc5N(C)[C@@H]14)[C@@H]32. The molecule has 1 aliphatic carbocycles. The molecular weight excluding hydrogens is 781 g/mol. The van der Waals surface area contributed by atoms with Crippen molar-refractivity contribution in [3.05, 3.63) is 70.9 Å². The van der Waals surface area contributed by atoms with E-state index < -0.39 is 57.6 Å². The van der Waals surface area contributed by atoms with Crippen LogP contribution in [0, 0.1) is 11.3 Å². The molecule has 2 amide bonds. The van der Waals surface area contributed by atoms with Crippen LogP contribution in [0.4, 0.5) is 10.5 Å². The van der Waals surface area contributed by atoms with Crippen molar-refractivity contribution in [2.75, 3.05) is 65.5 Å². The van der Waals surface area contributed by atoms with Crippen LogP contribution < -0.4 is 20.5 Å². The molecule has 6 heterocycles. The standard InChI is InChI=1S/C46H60N6O9/c1-7-42(57)23-27-24-45(40(55)60-6,35-29(15-19-51(25-27)26-42)28-13-10-11-14-32(28)47-35)31-21-30-33(22-34(31)59-5)50(4)37-44(30)17-20-52-18-12-16-43(8-2,36(44)52)38(53)46(37,58)39(54)48-49-41(56)61-9-3/h10-14,16,21-22,27,36-38,47,53,57-58H,7-9,15,17-20,23-26H2,1-6H3,(H,48,54)(H,49,56)/t27-,36+,37-,38-,42+,43-,44-,45+,46+/m1/s1. The molecule has 10 atom stereocenters. The zero-order chi connectivity index (χ0) is 43.3. The number of carbonyl (C=O) groups is 3. The minimum Gasteiger partial charge on any atom is -0.496 e. The van der Waals surface area contributed by atoms with E-state index in [4.69, 9.17) is 14.2 Å². The van der Waals surface area contributed by atoms with Gasteiger partial charge in [0.1, 0.15) is 17.3 Å². The van der Waals surface area contributed by atoms with Crippen LogP contribution in [0.5, 0.6) is 5.75 Å². The Labute approximate surface area is 356 Å². The van der Waals surface area contributed by atoms with Crippen LogP contribution in [-0.4, -0.2) is 138 Å². The highest BCUT2D eigenvalue weighted by atomic mass is 16.6. The number of carbonyl (C=O) groups excluding carboxylic acids is 3. The Balaban J connectivity index is 1.32. The van der Waals surface area contributed by atoms with Crippen molar-refractivity contribution in [1.29, 1.82) is 0 Å². The lowest BCUT2D eigenvalue weighted by Crippen LogP contribution is -2.82. The number of anilines is 1. The molecule has 1 spiro atoms. The van der Waals surface area contributed by atoms with E-state index >= 15 is 4.79 Å². The fraction of sp³-hybridized carbons (Fsp3) is 0.587. The summed E-state index contributed by atoms with van der Waals surface area (Å²) < 4.78 is 17.3. The van der Waals surface area contributed by atoms with Crippen LogP contribution >= 0.6 is 0 Å². The zero-order valence-electron chi connectivity index (χ0n) is 36.0. The van der Waals surface area contributed by atoms with Crippen molar-refractivity contribution in [3.63, 3.8) is 0 Å². The molecular formula is C46H60N6O9. The van der Waals surface area contributed by atoms with Gasteiger partial charge in [-0.1, -0.05) is 44.2 Å². The van der Waals surface area contributed by atoms with Crippen LogP contribution in [-0.2, 0) is 36.3 Å². The molecule has 6 aliphatic rings. The Hall–Kier alpha value is -4.67. The molecule has 0 radical (unpaired) electrons. The fourth-order valence-electron chi connectivity index (χ4n) is 13.4. The topological polar surface area (TPSA) is 189 Å². The van der Waals surface area contributed by atoms with Gasteiger partial charge in [0.15, 0.2) is 5.60 Å². The summed E-state index contributed by atoms with van der Waals surface area (Å²) in [5, 5.41) is 38.9. The van der Waals surface area contributed by atoms with E-state index in [9.17, 15) is 24.9 Å². The van der Waals surface area contributed by atoms with Crippen molar-refractivity contribution >= 4 is 34.6 Å². The van der Waals surface area contributed by atoms with Crippen LogP contribution in [0.1, 0.15) is 75.3 Å². The van der Waals surface area contributed by atoms with Crippen molar-refractivity contribution < 1.29 is 43.9 Å². The summed E-state index contributed by atoms with van der Waals surface area (Å²) in [6.45, 7) is 8.84. The predicted octanol–water partition coefficient (Wildman–Crippen LogP) is 3.02. The maximum atomic E-state index is 15.3. The summed E-state index contributed by atoms with van der Waals surface area (Å²) in [6, 6.07) is 10.7. The van der Waals surface area contributed by atoms with Gasteiger partial charge >= 0.3 is 12.1 Å². The number of aromatic nitrogens is 1. The highest BCUT2D eigenvalue weighted by Crippen LogP contribution is 2.67. The van der Waals surface area contributed by atoms with Gasteiger partial charge in [-0.05, 0) is 81.2 Å². The Morgan fingerprint density at radius 1 is 0.984 bits per heavy atom. The first kappa shape index (κ1) is 41.7. The third kappa shape index (κ3) is 5.62. The number of fused-ring (bicyclic) bond motifs is 6. The third-order valence-corrected chi connectivity index (χ3v) is 15.8. The Morgan fingerprint density at radius 3 is 2.49 bits per heavy atom. The van der Waals surface area contributed by atoms with Gasteiger partial charge in [0.05, 0.1) is 32.5 Å². The lowest BCUT2D eigenvalue weighted by Gasteiger charge is -2.63. The quantitative estimate of drug-likeness (QED) is 0.116. The lowest BCUT2D eigenvalue weighted by molar-refractivity contribution is -0.204. The van der Waals surface area contributed by atoms with E-state index in [1.165, 1.54) is 7.11 Å². The Bertz CT molecular complexity index is 2300. The number of ether oxygens (including phenoxy) is 3. The smallest absolute Gasteiger partial charge is 0.426 e. The molecule has 2 saturated heterocycles. The molecule has 1 saturated carbocycles. The number of benzene rings is 2. The zero-order valence-corrected chi connectivity index (χ0v) is 36.0. The van der Waals surface area contributed by atoms with E-state index in [1.54, 1.807) is 14.0 Å². The number of hydrazine groups is 1. The Morgan fingerprint density at radius 2 is 1.77 bits per heavy atom. The second-order valence-corrected chi connectivity index (χ2v) is 18.4. The summed E-state index contributed by atoms with van der Waals surface area (Å²) in [5.74, 6) is -1.13. The number of nitrogens with zero attached hydrogens (tertiary/aromatic N) is 3. The summed E-state index contributed by atoms with van der Waals surface area (Å²) >= 11 is 0. The second-order valence-electron chi connectivity index (χ2n) is 18.4. The summed E-state index contributed by atoms with van der Waals surface area (Å²) in [4.78, 5) is 52.7. The second kappa shape index (κ2) is 14.7. The molecule has 2 bridgehead atoms. The number of likely N-dealkylation sites (N-methyl/N-ethyl adjacent to an activating group) is 1. The number of methoxy groups -OCH3 is 2. The number of para-hydroxylation sites is 1. The number of hydrogen-bond acceptors (Lipinski definition) is 12. The minimum atomic E-state index is -2.47. The number of amides is 2. The van der Waals surface area contributed by atoms with E-state index in [1.807, 2.05) is 62.2 Å². The normalized spacial score (nSPS) is 36.1. The first-order chi connectivity index (χ1) is 29.2. The molecule has 328 valence electrons. The van der Waals surface area contributed by atoms with Gasteiger partial charge in [0.25, 0.3) is 5.91 Å². The van der Waals surface area contributed by atoms with Crippen molar-refractivity contribution in [1.82, 2.24) is 25.6 Å². The van der Waals surface area contributed by atoms with E-state index in [0.29, 0.717) is 88.2 Å². The average Bonchev–Trinajstić information content (AvgIpc) is 3.92. The molecule has 3 aromatic rings. The number of esters is 1. The van der Waals surface area contributed by atoms with Gasteiger partial charge in [0, 0.05) is 84.0 Å². The van der Waals surface area contributed by atoms with Gasteiger partial charge in [-0.15, -0.1) is 0 Å². The Kier molecular flexibility index (Phi) is 10.1. The summed E-state index contributed by atoms with van der Waals surface area (Å²) in [6.07, 6.45) is 4.39. The molecule has 3 fully saturated rings.